The number of Topliss-reactive ketones (excluding diaryl/α,β-unsaturated/α-hetero) is 1. The van der Waals surface area contributed by atoms with Gasteiger partial charge in [-0.1, -0.05) is 19.3 Å². The van der Waals surface area contributed by atoms with E-state index in [0.717, 1.165) is 16.9 Å². The number of nitrogens with zero attached hydrogens (tertiary/aromatic N) is 3. The lowest BCUT2D eigenvalue weighted by Crippen LogP contribution is -2.55. The summed E-state index contributed by atoms with van der Waals surface area (Å²) in [5, 5.41) is -1.14. The Morgan fingerprint density at radius 3 is 2.48 bits per heavy atom. The first kappa shape index (κ1) is 21.6. The number of likely N-dealkylation sites (tertiary alicyclic amines) is 1. The van der Waals surface area contributed by atoms with Gasteiger partial charge < -0.3 is 10.6 Å². The van der Waals surface area contributed by atoms with Gasteiger partial charge >= 0.3 is 0 Å². The minimum atomic E-state index is -4.48. The van der Waals surface area contributed by atoms with Crippen LogP contribution in [0.1, 0.15) is 48.9 Å². The first-order chi connectivity index (χ1) is 14.7. The van der Waals surface area contributed by atoms with Crippen molar-refractivity contribution in [2.24, 2.45) is 11.1 Å². The van der Waals surface area contributed by atoms with Crippen LogP contribution in [-0.2, 0) is 24.4 Å². The fourth-order valence-corrected chi connectivity index (χ4v) is 6.56. The van der Waals surface area contributed by atoms with Crippen molar-refractivity contribution in [2.45, 2.75) is 50.6 Å². The molecule has 1 aliphatic carbocycles. The van der Waals surface area contributed by atoms with Crippen LogP contribution in [0.2, 0.25) is 0 Å². The van der Waals surface area contributed by atoms with Gasteiger partial charge in [0.05, 0.1) is 18.2 Å². The van der Waals surface area contributed by atoms with Crippen LogP contribution in [0.3, 0.4) is 0 Å². The number of carbonyl (C=O) groups excluding carboxylic acids is 4. The van der Waals surface area contributed by atoms with Crippen LogP contribution in [0.5, 0.6) is 0 Å². The van der Waals surface area contributed by atoms with Crippen LogP contribution in [0.25, 0.3) is 0 Å². The number of rotatable bonds is 4. The molecule has 3 aliphatic rings. The fraction of sp³-hybridized carbons (Fsp3) is 0.550. The van der Waals surface area contributed by atoms with Crippen molar-refractivity contribution in [1.29, 1.82) is 0 Å². The molecule has 2 atom stereocenters. The normalized spacial score (nSPS) is 25.9. The number of carbonyl (C=O) groups is 4. The number of hydrogen-bond acceptors (Lipinski definition) is 7. The third-order valence-electron chi connectivity index (χ3n) is 6.67. The van der Waals surface area contributed by atoms with Gasteiger partial charge in [0.1, 0.15) is 11.5 Å². The zero-order valence-corrected chi connectivity index (χ0v) is 17.7. The second-order valence-corrected chi connectivity index (χ2v) is 10.1. The molecule has 31 heavy (non-hydrogen) atoms. The van der Waals surface area contributed by atoms with Crippen molar-refractivity contribution in [3.63, 3.8) is 0 Å². The molecule has 11 heteroatoms. The number of fused-ring (bicyclic) bond motifs is 1. The predicted octanol–water partition coefficient (Wildman–Crippen LogP) is -0.158. The number of ketones is 1. The summed E-state index contributed by atoms with van der Waals surface area (Å²) in [4.78, 5) is 56.2. The highest BCUT2D eigenvalue weighted by Gasteiger charge is 2.58. The van der Waals surface area contributed by atoms with Gasteiger partial charge in [-0.05, 0) is 31.4 Å². The van der Waals surface area contributed by atoms with E-state index in [1.54, 1.807) is 0 Å². The van der Waals surface area contributed by atoms with Crippen molar-refractivity contribution in [1.82, 2.24) is 14.2 Å². The van der Waals surface area contributed by atoms with Gasteiger partial charge in [0.25, 0.3) is 15.1 Å². The summed E-state index contributed by atoms with van der Waals surface area (Å²) >= 11 is 0. The first-order valence-corrected chi connectivity index (χ1v) is 11.7. The van der Waals surface area contributed by atoms with Gasteiger partial charge in [0, 0.05) is 18.9 Å². The lowest BCUT2D eigenvalue weighted by atomic mass is 9.72. The highest BCUT2D eigenvalue weighted by molar-refractivity contribution is 8.04. The highest BCUT2D eigenvalue weighted by Crippen LogP contribution is 2.41. The van der Waals surface area contributed by atoms with E-state index in [4.69, 9.17) is 5.73 Å². The second kappa shape index (κ2) is 7.79. The Balaban J connectivity index is 1.61. The summed E-state index contributed by atoms with van der Waals surface area (Å²) < 4.78 is 26.9. The Bertz CT molecular complexity index is 1040. The second-order valence-electron chi connectivity index (χ2n) is 8.35. The lowest BCUT2D eigenvalue weighted by molar-refractivity contribution is -0.154. The number of pyridine rings is 1. The molecule has 3 heterocycles. The van der Waals surface area contributed by atoms with Crippen LogP contribution >= 0.6 is 0 Å². The summed E-state index contributed by atoms with van der Waals surface area (Å²) in [7, 11) is -4.48. The van der Waals surface area contributed by atoms with Crippen molar-refractivity contribution in [2.75, 3.05) is 13.1 Å². The van der Waals surface area contributed by atoms with Crippen LogP contribution < -0.4 is 5.73 Å². The zero-order chi connectivity index (χ0) is 22.4. The maximum atomic E-state index is 13.4. The molecule has 0 radical (unpaired) electrons. The third kappa shape index (κ3) is 3.35. The average Bonchev–Trinajstić information content (AvgIpc) is 3.35. The molecule has 4 rings (SSSR count). The van der Waals surface area contributed by atoms with Crippen molar-refractivity contribution in [3.05, 3.63) is 30.1 Å². The summed E-state index contributed by atoms with van der Waals surface area (Å²) in [6, 6.07) is 0.939. The largest absolute Gasteiger partial charge is 0.369 e. The van der Waals surface area contributed by atoms with E-state index in [2.05, 4.69) is 4.98 Å². The Hall–Kier alpha value is -2.66. The molecule has 2 N–H and O–H groups in total. The summed E-state index contributed by atoms with van der Waals surface area (Å²) in [6.07, 6.45) is 5.69. The Kier molecular flexibility index (Phi) is 5.42. The number of nitrogens with two attached hydrogens (primary N) is 1. The monoisotopic (exact) mass is 448 g/mol. The van der Waals surface area contributed by atoms with Crippen LogP contribution in [0, 0.1) is 5.41 Å². The van der Waals surface area contributed by atoms with Crippen LogP contribution in [-0.4, -0.2) is 70.5 Å². The molecule has 0 bridgehead atoms. The number of amides is 2. The minimum absolute atomic E-state index is 0.0979. The molecule has 2 unspecified atom stereocenters. The first-order valence-electron chi connectivity index (χ1n) is 10.3. The van der Waals surface area contributed by atoms with E-state index in [9.17, 15) is 27.6 Å². The van der Waals surface area contributed by atoms with Gasteiger partial charge in [-0.25, -0.2) is 8.42 Å². The highest BCUT2D eigenvalue weighted by atomic mass is 32.2. The van der Waals surface area contributed by atoms with E-state index in [1.807, 2.05) is 0 Å². The number of sulfonamides is 1. The molecular formula is C20H24N4O6S. The summed E-state index contributed by atoms with van der Waals surface area (Å²) in [5.74, 6) is -1.67. The molecule has 2 aliphatic heterocycles. The summed E-state index contributed by atoms with van der Waals surface area (Å²) in [6.45, 7) is -0.362. The quantitative estimate of drug-likeness (QED) is 0.629. The maximum absolute atomic E-state index is 13.4. The molecule has 3 fully saturated rings. The van der Waals surface area contributed by atoms with E-state index < -0.39 is 56.8 Å². The molecule has 1 aromatic heterocycles. The molecule has 1 aromatic rings. The zero-order valence-electron chi connectivity index (χ0n) is 16.9. The van der Waals surface area contributed by atoms with E-state index in [0.29, 0.717) is 25.7 Å². The average molecular weight is 449 g/mol. The van der Waals surface area contributed by atoms with Gasteiger partial charge in [0.2, 0.25) is 11.8 Å². The number of hydrogen-bond donors (Lipinski definition) is 1. The topological polar surface area (TPSA) is 148 Å². The molecular weight excluding hydrogens is 424 g/mol. The summed E-state index contributed by atoms with van der Waals surface area (Å²) in [5.41, 5.74) is 4.16. The minimum Gasteiger partial charge on any atom is -0.369 e. The van der Waals surface area contributed by atoms with Gasteiger partial charge in [0.15, 0.2) is 5.78 Å². The molecule has 1 saturated carbocycles. The van der Waals surface area contributed by atoms with E-state index in [1.165, 1.54) is 23.2 Å². The predicted molar refractivity (Wildman–Crippen MR) is 108 cm³/mol. The molecule has 0 aromatic carbocycles. The van der Waals surface area contributed by atoms with Crippen molar-refractivity contribution >= 4 is 32.7 Å². The standard InChI is InChI=1S/C20H24N4O6S/c21-18(27)20(7-2-1-3-8-20)19(28)23-10-6-14-16(23)15(25)12-24(14)31(29,30)17(26)13-5-4-9-22-11-13/h4-5,9,11,14,16H,1-3,6-8,10,12H2,(H2,21,27). The maximum Gasteiger partial charge on any atom is 0.293 e. The molecule has 166 valence electrons. The Labute approximate surface area is 179 Å². The van der Waals surface area contributed by atoms with Crippen molar-refractivity contribution in [3.8, 4) is 0 Å². The molecule has 2 amide bonds. The number of aromatic nitrogens is 1. The Morgan fingerprint density at radius 1 is 1.16 bits per heavy atom. The lowest BCUT2D eigenvalue weighted by Gasteiger charge is -2.37. The Morgan fingerprint density at radius 2 is 1.87 bits per heavy atom. The van der Waals surface area contributed by atoms with Crippen LogP contribution in [0.15, 0.2) is 24.5 Å². The molecule has 2 saturated heterocycles. The number of primary amides is 1. The van der Waals surface area contributed by atoms with Gasteiger partial charge in [-0.3, -0.25) is 24.2 Å². The van der Waals surface area contributed by atoms with E-state index in [-0.39, 0.29) is 18.5 Å². The van der Waals surface area contributed by atoms with Gasteiger partial charge in [-0.15, -0.1) is 0 Å². The van der Waals surface area contributed by atoms with E-state index >= 15 is 0 Å². The molecule has 10 nitrogen and oxygen atoms in total. The third-order valence-corrected chi connectivity index (χ3v) is 8.39. The molecule has 0 spiro atoms. The fourth-order valence-electron chi connectivity index (χ4n) is 5.06. The van der Waals surface area contributed by atoms with Gasteiger partial charge in [-0.2, -0.15) is 4.31 Å². The SMILES string of the molecule is NC(=O)C1(C(=O)N2CCC3C2C(=O)CN3S(=O)(=O)C(=O)c2cccnc2)CCCCC1. The smallest absolute Gasteiger partial charge is 0.293 e. The van der Waals surface area contributed by atoms with Crippen LogP contribution in [0.4, 0.5) is 0 Å². The van der Waals surface area contributed by atoms with Crippen molar-refractivity contribution < 1.29 is 27.6 Å².